The molecular formula is C23H25N3O. The fourth-order valence-corrected chi connectivity index (χ4v) is 3.55. The molecule has 0 amide bonds. The number of hydrogen-bond donors (Lipinski definition) is 1. The number of methoxy groups -OCH3 is 1. The Kier molecular flexibility index (Phi) is 5.33. The Hall–Kier alpha value is -2.88. The van der Waals surface area contributed by atoms with Crippen molar-refractivity contribution >= 4 is 16.7 Å². The fourth-order valence-electron chi connectivity index (χ4n) is 3.55. The van der Waals surface area contributed by atoms with Crippen LogP contribution in [0.5, 0.6) is 5.75 Å². The smallest absolute Gasteiger partial charge is 0.162 e. The largest absolute Gasteiger partial charge is 0.497 e. The number of hydrogen-bond acceptors (Lipinski definition) is 4. The summed E-state index contributed by atoms with van der Waals surface area (Å²) in [6, 6.07) is 16.1. The number of nitrogens with one attached hydrogen (secondary N) is 1. The van der Waals surface area contributed by atoms with Crippen molar-refractivity contribution in [1.29, 1.82) is 0 Å². The summed E-state index contributed by atoms with van der Waals surface area (Å²) in [5.74, 6) is 2.47. The molecule has 2 aromatic carbocycles. The van der Waals surface area contributed by atoms with Crippen molar-refractivity contribution in [2.45, 2.75) is 32.1 Å². The first kappa shape index (κ1) is 17.5. The maximum absolute atomic E-state index is 5.25. The van der Waals surface area contributed by atoms with E-state index in [1.165, 1.54) is 25.7 Å². The summed E-state index contributed by atoms with van der Waals surface area (Å²) >= 11 is 0. The molecule has 1 aromatic heterocycles. The lowest BCUT2D eigenvalue weighted by Gasteiger charge is -2.14. The van der Waals surface area contributed by atoms with E-state index in [1.807, 2.05) is 42.5 Å². The number of allylic oxidation sites excluding steroid dienone is 1. The molecule has 1 heterocycles. The summed E-state index contributed by atoms with van der Waals surface area (Å²) in [7, 11) is 1.67. The van der Waals surface area contributed by atoms with Gasteiger partial charge < -0.3 is 10.1 Å². The van der Waals surface area contributed by atoms with Crippen LogP contribution in [0.1, 0.15) is 32.1 Å². The van der Waals surface area contributed by atoms with Crippen LogP contribution >= 0.6 is 0 Å². The van der Waals surface area contributed by atoms with Crippen molar-refractivity contribution in [2.75, 3.05) is 19.0 Å². The van der Waals surface area contributed by atoms with Gasteiger partial charge in [0.15, 0.2) is 5.82 Å². The van der Waals surface area contributed by atoms with E-state index in [2.05, 4.69) is 17.5 Å². The van der Waals surface area contributed by atoms with Crippen LogP contribution < -0.4 is 10.1 Å². The number of para-hydroxylation sites is 1. The van der Waals surface area contributed by atoms with Crippen molar-refractivity contribution in [3.63, 3.8) is 0 Å². The van der Waals surface area contributed by atoms with Crippen molar-refractivity contribution < 1.29 is 4.74 Å². The maximum Gasteiger partial charge on any atom is 0.162 e. The summed E-state index contributed by atoms with van der Waals surface area (Å²) < 4.78 is 5.25. The predicted molar refractivity (Wildman–Crippen MR) is 111 cm³/mol. The summed E-state index contributed by atoms with van der Waals surface area (Å²) in [5, 5.41) is 4.61. The third-order valence-electron chi connectivity index (χ3n) is 5.08. The van der Waals surface area contributed by atoms with Gasteiger partial charge in [0.05, 0.1) is 12.6 Å². The molecule has 4 nitrogen and oxygen atoms in total. The van der Waals surface area contributed by atoms with Gasteiger partial charge in [-0.3, -0.25) is 0 Å². The summed E-state index contributed by atoms with van der Waals surface area (Å²) in [6.45, 7) is 0.898. The first-order valence-electron chi connectivity index (χ1n) is 9.66. The first-order valence-corrected chi connectivity index (χ1v) is 9.66. The van der Waals surface area contributed by atoms with Crippen LogP contribution in [-0.2, 0) is 0 Å². The Labute approximate surface area is 160 Å². The van der Waals surface area contributed by atoms with Crippen LogP contribution in [0.3, 0.4) is 0 Å². The van der Waals surface area contributed by atoms with Crippen LogP contribution in [0.2, 0.25) is 0 Å². The molecule has 3 aromatic rings. The number of aromatic nitrogens is 2. The highest BCUT2D eigenvalue weighted by molar-refractivity contribution is 5.90. The molecule has 1 aliphatic carbocycles. The van der Waals surface area contributed by atoms with E-state index in [4.69, 9.17) is 14.7 Å². The number of rotatable bonds is 6. The quantitative estimate of drug-likeness (QED) is 0.581. The highest BCUT2D eigenvalue weighted by atomic mass is 16.5. The van der Waals surface area contributed by atoms with Gasteiger partial charge in [0, 0.05) is 17.5 Å². The zero-order chi connectivity index (χ0) is 18.5. The highest BCUT2D eigenvalue weighted by Crippen LogP contribution is 2.26. The average Bonchev–Trinajstić information content (AvgIpc) is 2.74. The lowest BCUT2D eigenvalue weighted by atomic mass is 9.97. The van der Waals surface area contributed by atoms with E-state index in [1.54, 1.807) is 12.7 Å². The molecule has 0 bridgehead atoms. The van der Waals surface area contributed by atoms with Gasteiger partial charge in [-0.15, -0.1) is 0 Å². The zero-order valence-electron chi connectivity index (χ0n) is 15.7. The van der Waals surface area contributed by atoms with Crippen molar-refractivity contribution in [1.82, 2.24) is 9.97 Å². The topological polar surface area (TPSA) is 47.0 Å². The predicted octanol–water partition coefficient (Wildman–Crippen LogP) is 5.61. The number of anilines is 1. The zero-order valence-corrected chi connectivity index (χ0v) is 15.7. The lowest BCUT2D eigenvalue weighted by Crippen LogP contribution is -2.07. The van der Waals surface area contributed by atoms with E-state index in [0.717, 1.165) is 46.8 Å². The third-order valence-corrected chi connectivity index (χ3v) is 5.08. The Morgan fingerprint density at radius 2 is 1.85 bits per heavy atom. The van der Waals surface area contributed by atoms with Gasteiger partial charge in [-0.05, 0) is 68.5 Å². The molecule has 0 saturated heterocycles. The van der Waals surface area contributed by atoms with E-state index in [0.29, 0.717) is 0 Å². The molecular weight excluding hydrogens is 334 g/mol. The van der Waals surface area contributed by atoms with Gasteiger partial charge in [-0.2, -0.15) is 0 Å². The normalized spacial score (nSPS) is 14.0. The van der Waals surface area contributed by atoms with E-state index >= 15 is 0 Å². The average molecular weight is 359 g/mol. The third kappa shape index (κ3) is 4.11. The van der Waals surface area contributed by atoms with Crippen molar-refractivity contribution in [3.05, 3.63) is 60.2 Å². The van der Waals surface area contributed by atoms with Crippen LogP contribution in [-0.4, -0.2) is 23.6 Å². The molecule has 0 aliphatic heterocycles. The molecule has 0 fully saturated rings. The molecule has 1 aliphatic rings. The second-order valence-electron chi connectivity index (χ2n) is 6.93. The van der Waals surface area contributed by atoms with Gasteiger partial charge >= 0.3 is 0 Å². The second-order valence-corrected chi connectivity index (χ2v) is 6.93. The lowest BCUT2D eigenvalue weighted by molar-refractivity contribution is 0.415. The number of nitrogens with zero attached hydrogens (tertiary/aromatic N) is 2. The van der Waals surface area contributed by atoms with Crippen molar-refractivity contribution in [3.8, 4) is 17.1 Å². The van der Waals surface area contributed by atoms with Crippen LogP contribution in [0.15, 0.2) is 60.2 Å². The molecule has 0 atom stereocenters. The summed E-state index contributed by atoms with van der Waals surface area (Å²) in [5.41, 5.74) is 3.51. The molecule has 0 saturated carbocycles. The van der Waals surface area contributed by atoms with E-state index < -0.39 is 0 Å². The first-order chi connectivity index (χ1) is 13.3. The molecule has 4 heteroatoms. The number of benzene rings is 2. The van der Waals surface area contributed by atoms with Gasteiger partial charge in [0.1, 0.15) is 11.6 Å². The summed E-state index contributed by atoms with van der Waals surface area (Å²) in [6.07, 6.45) is 8.61. The van der Waals surface area contributed by atoms with Crippen LogP contribution in [0, 0.1) is 0 Å². The van der Waals surface area contributed by atoms with Crippen LogP contribution in [0.25, 0.3) is 22.3 Å². The highest BCUT2D eigenvalue weighted by Gasteiger charge is 2.10. The Balaban J connectivity index is 1.60. The van der Waals surface area contributed by atoms with Gasteiger partial charge in [-0.1, -0.05) is 23.8 Å². The second kappa shape index (κ2) is 8.21. The number of fused-ring (bicyclic) bond motifs is 1. The molecule has 0 radical (unpaired) electrons. The van der Waals surface area contributed by atoms with Crippen LogP contribution in [0.4, 0.5) is 5.82 Å². The molecule has 1 N–H and O–H groups in total. The Morgan fingerprint density at radius 1 is 1.00 bits per heavy atom. The standard InChI is InChI=1S/C23H25N3O/c1-27-19-13-11-18(12-14-19)22-25-21-10-6-5-9-20(21)23(26-22)24-16-15-17-7-3-2-4-8-17/h5-7,9-14H,2-4,8,15-16H2,1H3,(H,24,25,26). The minimum atomic E-state index is 0.732. The number of ether oxygens (including phenoxy) is 1. The monoisotopic (exact) mass is 359 g/mol. The molecule has 0 spiro atoms. The minimum Gasteiger partial charge on any atom is -0.497 e. The van der Waals surface area contributed by atoms with E-state index in [9.17, 15) is 0 Å². The Bertz CT molecular complexity index is 947. The van der Waals surface area contributed by atoms with Gasteiger partial charge in [-0.25, -0.2) is 9.97 Å². The molecule has 0 unspecified atom stereocenters. The SMILES string of the molecule is COc1ccc(-c2nc(NCCC3=CCCCC3)c3ccccc3n2)cc1. The molecule has 4 rings (SSSR count). The molecule has 138 valence electrons. The molecule has 27 heavy (non-hydrogen) atoms. The van der Waals surface area contributed by atoms with Crippen molar-refractivity contribution in [2.24, 2.45) is 0 Å². The maximum atomic E-state index is 5.25. The minimum absolute atomic E-state index is 0.732. The fraction of sp³-hybridized carbons (Fsp3) is 0.304. The van der Waals surface area contributed by atoms with Gasteiger partial charge in [0.2, 0.25) is 0 Å². The van der Waals surface area contributed by atoms with E-state index in [-0.39, 0.29) is 0 Å². The summed E-state index contributed by atoms with van der Waals surface area (Å²) in [4.78, 5) is 9.58. The van der Waals surface area contributed by atoms with Gasteiger partial charge in [0.25, 0.3) is 0 Å². The Morgan fingerprint density at radius 3 is 2.63 bits per heavy atom.